The van der Waals surface area contributed by atoms with Crippen molar-refractivity contribution in [2.45, 2.75) is 25.0 Å². The number of ether oxygens (including phenoxy) is 1. The van der Waals surface area contributed by atoms with Gasteiger partial charge >= 0.3 is 6.18 Å². The molecule has 3 rings (SSSR count). The lowest BCUT2D eigenvalue weighted by Crippen LogP contribution is -2.29. The van der Waals surface area contributed by atoms with Crippen molar-refractivity contribution in [2.24, 2.45) is 5.73 Å². The normalized spacial score (nSPS) is 18.8. The van der Waals surface area contributed by atoms with Crippen molar-refractivity contribution in [1.82, 2.24) is 9.88 Å². The third kappa shape index (κ3) is 5.10. The smallest absolute Gasteiger partial charge is 0.433 e. The Morgan fingerprint density at radius 2 is 1.97 bits per heavy atom. The van der Waals surface area contributed by atoms with Gasteiger partial charge in [-0.05, 0) is 29.8 Å². The molecule has 7 nitrogen and oxygen atoms in total. The summed E-state index contributed by atoms with van der Waals surface area (Å²) in [4.78, 5) is 16.9. The molecule has 1 amide bonds. The summed E-state index contributed by atoms with van der Waals surface area (Å²) in [6.45, 7) is -0.702. The van der Waals surface area contributed by atoms with Crippen molar-refractivity contribution in [3.8, 4) is 17.4 Å². The Morgan fingerprint density at radius 3 is 2.53 bits per heavy atom. The van der Waals surface area contributed by atoms with Gasteiger partial charge in [0.2, 0.25) is 5.88 Å². The van der Waals surface area contributed by atoms with Crippen molar-refractivity contribution in [3.63, 3.8) is 0 Å². The Hall–Kier alpha value is -2.63. The number of carbonyl (C=O) groups excluding carboxylic acids is 1. The molecule has 0 unspecified atom stereocenters. The van der Waals surface area contributed by atoms with Gasteiger partial charge in [0.1, 0.15) is 18.0 Å². The van der Waals surface area contributed by atoms with Crippen LogP contribution < -0.4 is 10.5 Å². The van der Waals surface area contributed by atoms with Crippen LogP contribution in [0.15, 0.2) is 30.3 Å². The number of aromatic nitrogens is 1. The minimum atomic E-state index is -4.73. The number of hydrogen-bond acceptors (Lipinski definition) is 6. The second-order valence-corrected chi connectivity index (χ2v) is 6.48. The van der Waals surface area contributed by atoms with E-state index in [1.807, 2.05) is 0 Å². The predicted octanol–water partition coefficient (Wildman–Crippen LogP) is 2.63. The molecule has 0 radical (unpaired) electrons. The average molecular weight is 452 g/mol. The van der Waals surface area contributed by atoms with Gasteiger partial charge in [0.25, 0.3) is 5.91 Å². The molecule has 0 saturated carbocycles. The van der Waals surface area contributed by atoms with E-state index in [4.69, 9.17) is 10.5 Å². The van der Waals surface area contributed by atoms with Crippen LogP contribution in [0.25, 0.3) is 0 Å². The molecule has 1 aliphatic heterocycles. The summed E-state index contributed by atoms with van der Waals surface area (Å²) in [5.41, 5.74) is 4.29. The number of hydrogen-bond donors (Lipinski definition) is 3. The minimum Gasteiger partial charge on any atom is -0.504 e. The van der Waals surface area contributed by atoms with Crippen LogP contribution in [-0.4, -0.2) is 51.4 Å². The first kappa shape index (κ1) is 23.6. The number of benzene rings is 1. The number of carbonyl (C=O) groups is 1. The fraction of sp³-hybridized carbons (Fsp3) is 0.333. The van der Waals surface area contributed by atoms with Gasteiger partial charge < -0.3 is 25.6 Å². The Kier molecular flexibility index (Phi) is 7.11. The number of β-amino-alcohol motifs (C(OH)–C–C–N with tert-alkyl or cyclic N) is 1. The van der Waals surface area contributed by atoms with E-state index >= 15 is 0 Å². The first-order valence-electron chi connectivity index (χ1n) is 8.49. The molecule has 1 fully saturated rings. The quantitative estimate of drug-likeness (QED) is 0.617. The molecule has 164 valence electrons. The molecule has 0 spiro atoms. The molecule has 1 aliphatic rings. The highest BCUT2D eigenvalue weighted by Crippen LogP contribution is 2.34. The topological polar surface area (TPSA) is 109 Å². The summed E-state index contributed by atoms with van der Waals surface area (Å²) in [7, 11) is 0. The number of halogens is 5. The highest BCUT2D eigenvalue weighted by Gasteiger charge is 2.35. The lowest BCUT2D eigenvalue weighted by atomic mass is 10.1. The number of alkyl halides is 4. The molecule has 2 atom stereocenters. The second-order valence-electron chi connectivity index (χ2n) is 6.48. The Bertz CT molecular complexity index is 919. The lowest BCUT2D eigenvalue weighted by molar-refractivity contribution is -0.141. The molecule has 2 heterocycles. The number of rotatable bonds is 4. The van der Waals surface area contributed by atoms with Gasteiger partial charge in [0, 0.05) is 24.7 Å². The van der Waals surface area contributed by atoms with Crippen LogP contribution in [0.2, 0.25) is 0 Å². The number of nitrogens with two attached hydrogens (primary N) is 1. The minimum absolute atomic E-state index is 0. The van der Waals surface area contributed by atoms with Crippen molar-refractivity contribution in [3.05, 3.63) is 47.2 Å². The average Bonchev–Trinajstić information content (AvgIpc) is 3.00. The molecular weight excluding hydrogens is 434 g/mol. The number of aliphatic hydroxyl groups excluding tert-OH is 1. The first-order chi connectivity index (χ1) is 13.6. The van der Waals surface area contributed by atoms with Crippen molar-refractivity contribution in [2.75, 3.05) is 13.1 Å². The van der Waals surface area contributed by atoms with Gasteiger partial charge in [-0.2, -0.15) is 13.2 Å². The largest absolute Gasteiger partial charge is 0.504 e. The summed E-state index contributed by atoms with van der Waals surface area (Å²) in [5.74, 6) is -1.86. The van der Waals surface area contributed by atoms with E-state index in [-0.39, 0.29) is 48.9 Å². The van der Waals surface area contributed by atoms with Crippen LogP contribution in [-0.2, 0) is 12.7 Å². The SMILES string of the molecule is Cl.NCc1cc(Oc2cc(C(=O)N3C[C@@H](O)[C@H](F)C3)ccc2O)nc(C(F)(F)F)c1. The van der Waals surface area contributed by atoms with E-state index in [1.54, 1.807) is 0 Å². The lowest BCUT2D eigenvalue weighted by Gasteiger charge is -2.16. The van der Waals surface area contributed by atoms with E-state index in [0.717, 1.165) is 23.1 Å². The second kappa shape index (κ2) is 9.02. The highest BCUT2D eigenvalue weighted by molar-refractivity contribution is 5.95. The Morgan fingerprint density at radius 1 is 1.27 bits per heavy atom. The third-order valence-electron chi connectivity index (χ3n) is 4.32. The highest BCUT2D eigenvalue weighted by atomic mass is 35.5. The summed E-state index contributed by atoms with van der Waals surface area (Å²) in [5, 5.41) is 19.4. The zero-order valence-corrected chi connectivity index (χ0v) is 16.1. The maximum Gasteiger partial charge on any atom is 0.433 e. The number of nitrogens with zero attached hydrogens (tertiary/aromatic N) is 2. The molecule has 2 aromatic rings. The molecule has 12 heteroatoms. The maximum atomic E-state index is 13.5. The fourth-order valence-corrected chi connectivity index (χ4v) is 2.81. The Labute approximate surface area is 174 Å². The van der Waals surface area contributed by atoms with Gasteiger partial charge in [-0.3, -0.25) is 4.79 Å². The first-order valence-corrected chi connectivity index (χ1v) is 8.49. The van der Waals surface area contributed by atoms with Gasteiger partial charge in [-0.25, -0.2) is 9.37 Å². The summed E-state index contributed by atoms with van der Waals surface area (Å²) >= 11 is 0. The number of pyridine rings is 1. The molecular formula is C18H18ClF4N3O4. The molecule has 1 aromatic carbocycles. The summed E-state index contributed by atoms with van der Waals surface area (Å²) in [6, 6.07) is 5.40. The zero-order chi connectivity index (χ0) is 21.3. The third-order valence-corrected chi connectivity index (χ3v) is 4.32. The van der Waals surface area contributed by atoms with E-state index in [9.17, 15) is 32.6 Å². The number of phenols is 1. The molecule has 0 bridgehead atoms. The van der Waals surface area contributed by atoms with Gasteiger partial charge in [0.05, 0.1) is 6.54 Å². The number of aromatic hydroxyl groups is 1. The predicted molar refractivity (Wildman–Crippen MR) is 99.4 cm³/mol. The van der Waals surface area contributed by atoms with Crippen molar-refractivity contribution >= 4 is 18.3 Å². The monoisotopic (exact) mass is 451 g/mol. The number of aliphatic hydroxyl groups is 1. The number of phenolic OH excluding ortho intramolecular Hbond substituents is 1. The molecule has 30 heavy (non-hydrogen) atoms. The van der Waals surface area contributed by atoms with Crippen molar-refractivity contribution in [1.29, 1.82) is 0 Å². The number of amides is 1. The van der Waals surface area contributed by atoms with Crippen molar-refractivity contribution < 1.29 is 37.3 Å². The van der Waals surface area contributed by atoms with Crippen LogP contribution in [0.5, 0.6) is 17.4 Å². The van der Waals surface area contributed by atoms with E-state index < -0.39 is 41.7 Å². The van der Waals surface area contributed by atoms with Crippen LogP contribution in [0.4, 0.5) is 17.6 Å². The Balaban J connectivity index is 0.00000320. The molecule has 1 aromatic heterocycles. The molecule has 1 saturated heterocycles. The summed E-state index contributed by atoms with van der Waals surface area (Å²) < 4.78 is 57.7. The van der Waals surface area contributed by atoms with Gasteiger partial charge in [-0.1, -0.05) is 0 Å². The fourth-order valence-electron chi connectivity index (χ4n) is 2.81. The maximum absolute atomic E-state index is 13.5. The van der Waals surface area contributed by atoms with E-state index in [1.165, 1.54) is 12.1 Å². The van der Waals surface area contributed by atoms with Crippen LogP contribution in [0, 0.1) is 0 Å². The van der Waals surface area contributed by atoms with Crippen LogP contribution in [0.3, 0.4) is 0 Å². The molecule has 4 N–H and O–H groups in total. The van der Waals surface area contributed by atoms with Crippen LogP contribution >= 0.6 is 12.4 Å². The van der Waals surface area contributed by atoms with E-state index in [2.05, 4.69) is 4.98 Å². The van der Waals surface area contributed by atoms with Gasteiger partial charge in [0.15, 0.2) is 11.5 Å². The number of likely N-dealkylation sites (tertiary alicyclic amines) is 1. The standard InChI is InChI=1S/C18H17F4N3O4.ClH/c19-11-7-25(8-13(11)27)17(28)10-1-2-12(26)14(5-10)29-16-4-9(6-23)3-15(24-16)18(20,21)22;/h1-5,11,13,26-27H,6-8,23H2;1H/t11-,13-;/m1./s1. The molecule has 0 aliphatic carbocycles. The zero-order valence-electron chi connectivity index (χ0n) is 15.3. The van der Waals surface area contributed by atoms with E-state index in [0.29, 0.717) is 0 Å². The van der Waals surface area contributed by atoms with Crippen LogP contribution in [0.1, 0.15) is 21.6 Å². The summed E-state index contributed by atoms with van der Waals surface area (Å²) in [6.07, 6.45) is -7.60. The van der Waals surface area contributed by atoms with Gasteiger partial charge in [-0.15, -0.1) is 12.4 Å².